The predicted octanol–water partition coefficient (Wildman–Crippen LogP) is 2.93. The van der Waals surface area contributed by atoms with E-state index >= 15 is 0 Å². The summed E-state index contributed by atoms with van der Waals surface area (Å²) in [7, 11) is 0. The Morgan fingerprint density at radius 1 is 1.33 bits per heavy atom. The molecule has 0 bridgehead atoms. The van der Waals surface area contributed by atoms with Crippen molar-refractivity contribution >= 4 is 17.7 Å². The third-order valence-corrected chi connectivity index (χ3v) is 4.22. The standard InChI is InChI=1S/C15H20F2N2OS/c1-3-4-13-15(20)19(7-8-21-2)14(18-13)10-5-6-11(16)12(17)9-10/h5-6,9,13-14,18H,3-4,7-8H2,1-2H3. The van der Waals surface area contributed by atoms with Gasteiger partial charge >= 0.3 is 0 Å². The Labute approximate surface area is 128 Å². The molecule has 0 aromatic heterocycles. The number of hydrogen-bond donors (Lipinski definition) is 1. The van der Waals surface area contributed by atoms with E-state index in [1.165, 1.54) is 12.1 Å². The second kappa shape index (κ2) is 7.22. The van der Waals surface area contributed by atoms with Crippen LogP contribution in [0.1, 0.15) is 31.5 Å². The van der Waals surface area contributed by atoms with Gasteiger partial charge in [-0.1, -0.05) is 19.4 Å². The number of thioether (sulfide) groups is 1. The van der Waals surface area contributed by atoms with Gasteiger partial charge in [0.15, 0.2) is 11.6 Å². The van der Waals surface area contributed by atoms with Crippen LogP contribution in [0.4, 0.5) is 8.78 Å². The fourth-order valence-corrected chi connectivity index (χ4v) is 2.94. The second-order valence-electron chi connectivity index (χ2n) is 5.11. The lowest BCUT2D eigenvalue weighted by atomic mass is 10.1. The first kappa shape index (κ1) is 16.2. The molecular weight excluding hydrogens is 294 g/mol. The Balaban J connectivity index is 2.24. The van der Waals surface area contributed by atoms with Crippen LogP contribution in [-0.4, -0.2) is 35.4 Å². The molecule has 0 spiro atoms. The van der Waals surface area contributed by atoms with Crippen LogP contribution in [0.25, 0.3) is 0 Å². The van der Waals surface area contributed by atoms with Crippen LogP contribution in [0.5, 0.6) is 0 Å². The Morgan fingerprint density at radius 2 is 2.10 bits per heavy atom. The van der Waals surface area contributed by atoms with Crippen LogP contribution < -0.4 is 5.32 Å². The first-order valence-electron chi connectivity index (χ1n) is 7.09. The molecule has 1 aromatic carbocycles. The van der Waals surface area contributed by atoms with Crippen molar-refractivity contribution in [2.75, 3.05) is 18.6 Å². The Morgan fingerprint density at radius 3 is 2.71 bits per heavy atom. The molecule has 21 heavy (non-hydrogen) atoms. The number of nitrogens with zero attached hydrogens (tertiary/aromatic N) is 1. The minimum Gasteiger partial charge on any atom is -0.321 e. The van der Waals surface area contributed by atoms with Gasteiger partial charge in [0.05, 0.1) is 6.04 Å². The number of hydrogen-bond acceptors (Lipinski definition) is 3. The average molecular weight is 314 g/mol. The van der Waals surface area contributed by atoms with Gasteiger partial charge in [0.2, 0.25) is 5.91 Å². The van der Waals surface area contributed by atoms with Crippen molar-refractivity contribution in [3.05, 3.63) is 35.4 Å². The molecule has 1 amide bonds. The van der Waals surface area contributed by atoms with Gasteiger partial charge in [-0.2, -0.15) is 11.8 Å². The highest BCUT2D eigenvalue weighted by atomic mass is 32.2. The molecule has 1 aliphatic rings. The molecular formula is C15H20F2N2OS. The maximum atomic E-state index is 13.4. The SMILES string of the molecule is CCCC1NC(c2ccc(F)c(F)c2)N(CCSC)C1=O. The number of nitrogens with one attached hydrogen (secondary N) is 1. The molecule has 1 N–H and O–H groups in total. The zero-order valence-electron chi connectivity index (χ0n) is 12.2. The molecule has 1 fully saturated rings. The highest BCUT2D eigenvalue weighted by Gasteiger charge is 2.38. The maximum absolute atomic E-state index is 13.4. The summed E-state index contributed by atoms with van der Waals surface area (Å²) < 4.78 is 26.5. The lowest BCUT2D eigenvalue weighted by Gasteiger charge is -2.24. The smallest absolute Gasteiger partial charge is 0.241 e. The Bertz CT molecular complexity index is 512. The van der Waals surface area contributed by atoms with Crippen LogP contribution in [0, 0.1) is 11.6 Å². The van der Waals surface area contributed by atoms with Crippen LogP contribution in [-0.2, 0) is 4.79 Å². The number of carbonyl (C=O) groups is 1. The third-order valence-electron chi connectivity index (χ3n) is 3.62. The Hall–Kier alpha value is -1.14. The fourth-order valence-electron chi connectivity index (χ4n) is 2.56. The van der Waals surface area contributed by atoms with E-state index in [2.05, 4.69) is 5.32 Å². The van der Waals surface area contributed by atoms with Gasteiger partial charge in [0.1, 0.15) is 6.17 Å². The van der Waals surface area contributed by atoms with Crippen molar-refractivity contribution in [3.63, 3.8) is 0 Å². The van der Waals surface area contributed by atoms with Gasteiger partial charge in [-0.15, -0.1) is 0 Å². The molecule has 3 nitrogen and oxygen atoms in total. The van der Waals surface area contributed by atoms with E-state index in [0.717, 1.165) is 24.7 Å². The van der Waals surface area contributed by atoms with Crippen molar-refractivity contribution in [2.24, 2.45) is 0 Å². The molecule has 0 saturated carbocycles. The van der Waals surface area contributed by atoms with Gasteiger partial charge in [-0.05, 0) is 30.4 Å². The summed E-state index contributed by atoms with van der Waals surface area (Å²) in [5.41, 5.74) is 0.585. The van der Waals surface area contributed by atoms with E-state index in [0.29, 0.717) is 12.1 Å². The van der Waals surface area contributed by atoms with Crippen molar-refractivity contribution in [1.82, 2.24) is 10.2 Å². The lowest BCUT2D eigenvalue weighted by molar-refractivity contribution is -0.130. The van der Waals surface area contributed by atoms with Crippen LogP contribution >= 0.6 is 11.8 Å². The first-order chi connectivity index (χ1) is 10.1. The fraction of sp³-hybridized carbons (Fsp3) is 0.533. The van der Waals surface area contributed by atoms with Crippen molar-refractivity contribution in [1.29, 1.82) is 0 Å². The van der Waals surface area contributed by atoms with Gasteiger partial charge in [0.25, 0.3) is 0 Å². The molecule has 1 heterocycles. The molecule has 2 unspecified atom stereocenters. The molecule has 2 rings (SSSR count). The summed E-state index contributed by atoms with van der Waals surface area (Å²) in [5.74, 6) is -0.901. The van der Waals surface area contributed by atoms with E-state index in [-0.39, 0.29) is 18.1 Å². The number of rotatable bonds is 6. The second-order valence-corrected chi connectivity index (χ2v) is 6.09. The van der Waals surface area contributed by atoms with E-state index in [4.69, 9.17) is 0 Å². The van der Waals surface area contributed by atoms with Crippen molar-refractivity contribution < 1.29 is 13.6 Å². The minimum absolute atomic E-state index is 0.0423. The largest absolute Gasteiger partial charge is 0.321 e. The topological polar surface area (TPSA) is 32.3 Å². The molecule has 116 valence electrons. The molecule has 1 aliphatic heterocycles. The first-order valence-corrected chi connectivity index (χ1v) is 8.48. The molecule has 2 atom stereocenters. The maximum Gasteiger partial charge on any atom is 0.241 e. The number of benzene rings is 1. The minimum atomic E-state index is -0.884. The zero-order chi connectivity index (χ0) is 15.4. The number of amides is 1. The average Bonchev–Trinajstić information content (AvgIpc) is 2.77. The van der Waals surface area contributed by atoms with E-state index in [9.17, 15) is 13.6 Å². The third kappa shape index (κ3) is 3.55. The van der Waals surface area contributed by atoms with Gasteiger partial charge in [-0.3, -0.25) is 10.1 Å². The summed E-state index contributed by atoms with van der Waals surface area (Å²) in [4.78, 5) is 14.1. The number of carbonyl (C=O) groups excluding carboxylic acids is 1. The van der Waals surface area contributed by atoms with Crippen LogP contribution in [0.2, 0.25) is 0 Å². The van der Waals surface area contributed by atoms with Crippen molar-refractivity contribution in [3.8, 4) is 0 Å². The molecule has 1 saturated heterocycles. The molecule has 1 aromatic rings. The summed E-state index contributed by atoms with van der Waals surface area (Å²) in [6.45, 7) is 2.61. The monoisotopic (exact) mass is 314 g/mol. The molecule has 0 aliphatic carbocycles. The number of halogens is 2. The van der Waals surface area contributed by atoms with Gasteiger partial charge in [0, 0.05) is 12.3 Å². The van der Waals surface area contributed by atoms with Gasteiger partial charge in [-0.25, -0.2) is 8.78 Å². The molecule has 0 radical (unpaired) electrons. The highest BCUT2D eigenvalue weighted by molar-refractivity contribution is 7.98. The quantitative estimate of drug-likeness (QED) is 0.876. The lowest BCUT2D eigenvalue weighted by Crippen LogP contribution is -2.33. The van der Waals surface area contributed by atoms with Crippen LogP contribution in [0.15, 0.2) is 18.2 Å². The summed E-state index contributed by atoms with van der Waals surface area (Å²) in [5, 5.41) is 3.24. The predicted molar refractivity (Wildman–Crippen MR) is 81.0 cm³/mol. The van der Waals surface area contributed by atoms with Crippen molar-refractivity contribution in [2.45, 2.75) is 32.0 Å². The zero-order valence-corrected chi connectivity index (χ0v) is 13.1. The highest BCUT2D eigenvalue weighted by Crippen LogP contribution is 2.28. The van der Waals surface area contributed by atoms with E-state index < -0.39 is 11.6 Å². The summed E-state index contributed by atoms with van der Waals surface area (Å²) >= 11 is 1.65. The van der Waals surface area contributed by atoms with E-state index in [1.54, 1.807) is 16.7 Å². The molecule has 6 heteroatoms. The van der Waals surface area contributed by atoms with Gasteiger partial charge < -0.3 is 4.90 Å². The van der Waals surface area contributed by atoms with Crippen LogP contribution in [0.3, 0.4) is 0 Å². The summed E-state index contributed by atoms with van der Waals surface area (Å²) in [6.07, 6.45) is 3.24. The Kier molecular flexibility index (Phi) is 5.58. The summed E-state index contributed by atoms with van der Waals surface area (Å²) in [6, 6.07) is 3.57. The normalized spacial score (nSPS) is 22.1. The van der Waals surface area contributed by atoms with E-state index in [1.807, 2.05) is 13.2 Å².